The van der Waals surface area contributed by atoms with Gasteiger partial charge in [0.15, 0.2) is 16.6 Å². The number of carbonyl (C=O) groups is 1. The smallest absolute Gasteiger partial charge is 0.231 e. The van der Waals surface area contributed by atoms with E-state index in [0.29, 0.717) is 28.9 Å². The number of fused-ring (bicyclic) bond motifs is 1. The van der Waals surface area contributed by atoms with Crippen LogP contribution in [0.4, 0.5) is 5.13 Å². The Morgan fingerprint density at radius 3 is 3.00 bits per heavy atom. The monoisotopic (exact) mass is 318 g/mol. The molecule has 9 heteroatoms. The molecule has 0 saturated carbocycles. The van der Waals surface area contributed by atoms with E-state index in [2.05, 4.69) is 25.6 Å². The van der Waals surface area contributed by atoms with Crippen LogP contribution in [0.5, 0.6) is 5.88 Å². The summed E-state index contributed by atoms with van der Waals surface area (Å²) in [4.78, 5) is 16.1. The third kappa shape index (κ3) is 3.03. The van der Waals surface area contributed by atoms with Gasteiger partial charge in [0.1, 0.15) is 0 Å². The standard InChI is InChI=1S/C13H14N6O2S/c1-8-7-22-13(14-8)15-11(20)5-3-9-16-17-10-4-6-12(21-2)18-19(9)10/h4,6-7H,3,5H2,1-2H3,(H,14,15,20). The summed E-state index contributed by atoms with van der Waals surface area (Å²) < 4.78 is 6.66. The van der Waals surface area contributed by atoms with E-state index in [1.54, 1.807) is 23.8 Å². The van der Waals surface area contributed by atoms with Gasteiger partial charge in [0.2, 0.25) is 11.8 Å². The Morgan fingerprint density at radius 1 is 1.41 bits per heavy atom. The highest BCUT2D eigenvalue weighted by Crippen LogP contribution is 2.15. The third-order valence-electron chi connectivity index (χ3n) is 2.95. The maximum absolute atomic E-state index is 11.9. The molecule has 0 unspecified atom stereocenters. The van der Waals surface area contributed by atoms with Crippen molar-refractivity contribution in [1.82, 2.24) is 24.8 Å². The molecule has 3 rings (SSSR count). The van der Waals surface area contributed by atoms with E-state index in [0.717, 1.165) is 5.69 Å². The van der Waals surface area contributed by atoms with Crippen molar-refractivity contribution in [3.05, 3.63) is 29.0 Å². The molecule has 3 heterocycles. The van der Waals surface area contributed by atoms with Crippen LogP contribution >= 0.6 is 11.3 Å². The zero-order valence-electron chi connectivity index (χ0n) is 12.1. The lowest BCUT2D eigenvalue weighted by Crippen LogP contribution is -2.13. The van der Waals surface area contributed by atoms with Crippen LogP contribution in [0.15, 0.2) is 17.5 Å². The number of nitrogens with zero attached hydrogens (tertiary/aromatic N) is 5. The number of ether oxygens (including phenoxy) is 1. The van der Waals surface area contributed by atoms with Gasteiger partial charge >= 0.3 is 0 Å². The van der Waals surface area contributed by atoms with Crippen LogP contribution in [0.1, 0.15) is 17.9 Å². The first kappa shape index (κ1) is 14.4. The number of rotatable bonds is 5. The van der Waals surface area contributed by atoms with Crippen molar-refractivity contribution in [2.45, 2.75) is 19.8 Å². The van der Waals surface area contributed by atoms with Crippen molar-refractivity contribution >= 4 is 28.0 Å². The van der Waals surface area contributed by atoms with Crippen molar-refractivity contribution < 1.29 is 9.53 Å². The lowest BCUT2D eigenvalue weighted by Gasteiger charge is -2.02. The van der Waals surface area contributed by atoms with E-state index in [9.17, 15) is 4.79 Å². The molecule has 8 nitrogen and oxygen atoms in total. The number of aromatic nitrogens is 5. The maximum Gasteiger partial charge on any atom is 0.231 e. The van der Waals surface area contributed by atoms with Crippen LogP contribution in [0.3, 0.4) is 0 Å². The number of nitrogens with one attached hydrogen (secondary N) is 1. The second-order valence-corrected chi connectivity index (χ2v) is 5.46. The van der Waals surface area contributed by atoms with Gasteiger partial charge in [0.05, 0.1) is 12.8 Å². The number of aryl methyl sites for hydroxylation is 2. The molecule has 1 N–H and O–H groups in total. The summed E-state index contributed by atoms with van der Waals surface area (Å²) in [5.74, 6) is 0.963. The lowest BCUT2D eigenvalue weighted by atomic mass is 10.3. The summed E-state index contributed by atoms with van der Waals surface area (Å²) in [6, 6.07) is 3.48. The fourth-order valence-corrected chi connectivity index (χ4v) is 2.60. The second kappa shape index (κ2) is 6.06. The number of carbonyl (C=O) groups excluding carboxylic acids is 1. The van der Waals surface area contributed by atoms with Crippen LogP contribution in [-0.4, -0.2) is 37.8 Å². The van der Waals surface area contributed by atoms with Crippen molar-refractivity contribution in [3.63, 3.8) is 0 Å². The Balaban J connectivity index is 1.67. The van der Waals surface area contributed by atoms with Crippen molar-refractivity contribution in [1.29, 1.82) is 0 Å². The zero-order chi connectivity index (χ0) is 15.5. The zero-order valence-corrected chi connectivity index (χ0v) is 12.9. The molecule has 0 bridgehead atoms. The van der Waals surface area contributed by atoms with E-state index in [1.165, 1.54) is 11.3 Å². The van der Waals surface area contributed by atoms with Gasteiger partial charge in [-0.25, -0.2) is 4.98 Å². The molecule has 3 aromatic rings. The molecule has 0 aliphatic rings. The Kier molecular flexibility index (Phi) is 3.96. The van der Waals surface area contributed by atoms with E-state index in [-0.39, 0.29) is 12.3 Å². The molecule has 1 amide bonds. The largest absolute Gasteiger partial charge is 0.480 e. The van der Waals surface area contributed by atoms with E-state index >= 15 is 0 Å². The fourth-order valence-electron chi connectivity index (χ4n) is 1.90. The lowest BCUT2D eigenvalue weighted by molar-refractivity contribution is -0.116. The van der Waals surface area contributed by atoms with Gasteiger partial charge in [-0.2, -0.15) is 4.52 Å². The molecular weight excluding hydrogens is 304 g/mol. The second-order valence-electron chi connectivity index (χ2n) is 4.60. The minimum Gasteiger partial charge on any atom is -0.480 e. The van der Waals surface area contributed by atoms with Crippen LogP contribution < -0.4 is 10.1 Å². The number of anilines is 1. The highest BCUT2D eigenvalue weighted by atomic mass is 32.1. The molecule has 0 radical (unpaired) electrons. The normalized spacial score (nSPS) is 10.8. The summed E-state index contributed by atoms with van der Waals surface area (Å²) >= 11 is 1.40. The van der Waals surface area contributed by atoms with Gasteiger partial charge in [-0.3, -0.25) is 4.79 Å². The topological polar surface area (TPSA) is 94.3 Å². The quantitative estimate of drug-likeness (QED) is 0.765. The molecule has 0 aliphatic carbocycles. The minimum absolute atomic E-state index is 0.117. The highest BCUT2D eigenvalue weighted by Gasteiger charge is 2.11. The summed E-state index contributed by atoms with van der Waals surface area (Å²) in [5.41, 5.74) is 1.51. The van der Waals surface area contributed by atoms with Crippen molar-refractivity contribution in [3.8, 4) is 5.88 Å². The Hall–Kier alpha value is -2.55. The van der Waals surface area contributed by atoms with Crippen molar-refractivity contribution in [2.24, 2.45) is 0 Å². The molecule has 22 heavy (non-hydrogen) atoms. The molecule has 0 atom stereocenters. The predicted octanol–water partition coefficient (Wildman–Crippen LogP) is 1.47. The Morgan fingerprint density at radius 2 is 2.27 bits per heavy atom. The number of amides is 1. The Bertz CT molecular complexity index is 812. The summed E-state index contributed by atoms with van der Waals surface area (Å²) in [6.45, 7) is 1.88. The van der Waals surface area contributed by atoms with Gasteiger partial charge < -0.3 is 10.1 Å². The van der Waals surface area contributed by atoms with Crippen LogP contribution in [0.2, 0.25) is 0 Å². The molecule has 0 aromatic carbocycles. The first-order valence-corrected chi connectivity index (χ1v) is 7.51. The fraction of sp³-hybridized carbons (Fsp3) is 0.308. The summed E-state index contributed by atoms with van der Waals surface area (Å²) in [5, 5.41) is 17.6. The summed E-state index contributed by atoms with van der Waals surface area (Å²) in [6.07, 6.45) is 0.704. The molecule has 114 valence electrons. The third-order valence-corrected chi connectivity index (χ3v) is 3.83. The number of thiazole rings is 1. The average molecular weight is 318 g/mol. The van der Waals surface area contributed by atoms with Gasteiger partial charge in [-0.1, -0.05) is 0 Å². The average Bonchev–Trinajstić information content (AvgIpc) is 3.10. The number of hydrogen-bond donors (Lipinski definition) is 1. The molecule has 0 saturated heterocycles. The molecular formula is C13H14N6O2S. The molecule has 0 aliphatic heterocycles. The molecule has 3 aromatic heterocycles. The van der Waals surface area contributed by atoms with E-state index in [4.69, 9.17) is 4.74 Å². The molecule has 0 fully saturated rings. The maximum atomic E-state index is 11.9. The van der Waals surface area contributed by atoms with Crippen LogP contribution in [-0.2, 0) is 11.2 Å². The first-order chi connectivity index (χ1) is 10.7. The number of hydrogen-bond acceptors (Lipinski definition) is 7. The summed E-state index contributed by atoms with van der Waals surface area (Å²) in [7, 11) is 1.54. The van der Waals surface area contributed by atoms with Crippen LogP contribution in [0, 0.1) is 6.92 Å². The number of methoxy groups -OCH3 is 1. The van der Waals surface area contributed by atoms with Crippen molar-refractivity contribution in [2.75, 3.05) is 12.4 Å². The van der Waals surface area contributed by atoms with Gasteiger partial charge in [-0.05, 0) is 13.0 Å². The van der Waals surface area contributed by atoms with E-state index in [1.807, 2.05) is 12.3 Å². The first-order valence-electron chi connectivity index (χ1n) is 6.63. The van der Waals surface area contributed by atoms with Crippen LogP contribution in [0.25, 0.3) is 5.65 Å². The predicted molar refractivity (Wildman–Crippen MR) is 81.1 cm³/mol. The van der Waals surface area contributed by atoms with E-state index < -0.39 is 0 Å². The SMILES string of the molecule is COc1ccc2nnc(CCC(=O)Nc3nc(C)cs3)n2n1. The van der Waals surface area contributed by atoms with Gasteiger partial charge in [0.25, 0.3) is 0 Å². The highest BCUT2D eigenvalue weighted by molar-refractivity contribution is 7.13. The molecule has 0 spiro atoms. The van der Waals surface area contributed by atoms with Gasteiger partial charge in [0, 0.05) is 24.3 Å². The Labute approximate surface area is 130 Å². The van der Waals surface area contributed by atoms with Gasteiger partial charge in [-0.15, -0.1) is 26.6 Å². The minimum atomic E-state index is -0.117.